The number of esters is 1. The second-order valence-corrected chi connectivity index (χ2v) is 6.41. The van der Waals surface area contributed by atoms with Gasteiger partial charge in [-0.2, -0.15) is 5.10 Å². The van der Waals surface area contributed by atoms with Crippen LogP contribution in [0.4, 0.5) is 0 Å². The van der Waals surface area contributed by atoms with E-state index < -0.39 is 11.5 Å². The molecule has 2 rings (SSSR count). The summed E-state index contributed by atoms with van der Waals surface area (Å²) in [4.78, 5) is 36.2. The molecule has 1 N–H and O–H groups in total. The lowest BCUT2D eigenvalue weighted by molar-refractivity contribution is -0.150. The highest BCUT2D eigenvalue weighted by molar-refractivity contribution is 6.02. The van der Waals surface area contributed by atoms with Crippen molar-refractivity contribution >= 4 is 23.5 Å². The van der Waals surface area contributed by atoms with Crippen LogP contribution in [-0.2, 0) is 19.1 Å². The molecule has 1 aromatic rings. The number of nitrogens with zero attached hydrogens (tertiary/aromatic N) is 2. The number of carbonyl (C=O) groups excluding carboxylic acids is 3. The van der Waals surface area contributed by atoms with Crippen molar-refractivity contribution in [2.45, 2.75) is 45.1 Å². The number of methoxy groups -OCH3 is 1. The fraction of sp³-hybridized carbons (Fsp3) is 0.474. The van der Waals surface area contributed by atoms with E-state index >= 15 is 0 Å². The normalized spacial score (nSPS) is 15.8. The predicted molar refractivity (Wildman–Crippen MR) is 97.4 cm³/mol. The molecule has 0 aromatic heterocycles. The van der Waals surface area contributed by atoms with Gasteiger partial charge in [-0.3, -0.25) is 9.59 Å². The third-order valence-electron chi connectivity index (χ3n) is 4.52. The second kappa shape index (κ2) is 8.60. The maximum absolute atomic E-state index is 12.3. The summed E-state index contributed by atoms with van der Waals surface area (Å²) < 4.78 is 4.72. The summed E-state index contributed by atoms with van der Waals surface area (Å²) in [6, 6.07) is 9.70. The summed E-state index contributed by atoms with van der Waals surface area (Å²) in [5, 5.41) is 8.43. The van der Waals surface area contributed by atoms with Crippen LogP contribution in [-0.4, -0.2) is 47.7 Å². The average Bonchev–Trinajstić information content (AvgIpc) is 3.16. The van der Waals surface area contributed by atoms with Gasteiger partial charge in [0.1, 0.15) is 5.54 Å². The molecule has 0 aliphatic carbocycles. The quantitative estimate of drug-likeness (QED) is 0.753. The van der Waals surface area contributed by atoms with Crippen LogP contribution in [0.3, 0.4) is 0 Å². The minimum absolute atomic E-state index is 0.00188. The molecule has 7 heteroatoms. The van der Waals surface area contributed by atoms with Crippen LogP contribution in [0.2, 0.25) is 0 Å². The van der Waals surface area contributed by atoms with E-state index in [-0.39, 0.29) is 24.7 Å². The molecule has 0 saturated carbocycles. The van der Waals surface area contributed by atoms with Crippen LogP contribution in [0.5, 0.6) is 0 Å². The molecule has 1 atom stereocenters. The Morgan fingerprint density at radius 3 is 2.54 bits per heavy atom. The molecule has 0 saturated heterocycles. The Morgan fingerprint density at radius 1 is 1.23 bits per heavy atom. The number of nitrogens with one attached hydrogen (secondary N) is 1. The maximum Gasteiger partial charge on any atom is 0.331 e. The van der Waals surface area contributed by atoms with Crippen LogP contribution < -0.4 is 5.32 Å². The van der Waals surface area contributed by atoms with Gasteiger partial charge in [0.15, 0.2) is 0 Å². The van der Waals surface area contributed by atoms with Crippen molar-refractivity contribution in [3.63, 3.8) is 0 Å². The van der Waals surface area contributed by atoms with Crippen LogP contribution >= 0.6 is 0 Å². The van der Waals surface area contributed by atoms with Gasteiger partial charge in [0.05, 0.1) is 19.4 Å². The van der Waals surface area contributed by atoms with Gasteiger partial charge in [0.2, 0.25) is 11.8 Å². The van der Waals surface area contributed by atoms with Crippen molar-refractivity contribution in [2.24, 2.45) is 5.10 Å². The third-order valence-corrected chi connectivity index (χ3v) is 4.52. The minimum atomic E-state index is -1.08. The monoisotopic (exact) mass is 359 g/mol. The second-order valence-electron chi connectivity index (χ2n) is 6.41. The molecular formula is C19H25N3O4. The van der Waals surface area contributed by atoms with Crippen LogP contribution in [0, 0.1) is 0 Å². The highest BCUT2D eigenvalue weighted by Gasteiger charge is 2.34. The number of hydrazone groups is 1. The summed E-state index contributed by atoms with van der Waals surface area (Å²) in [6.07, 6.45) is 1.13. The van der Waals surface area contributed by atoms with Crippen molar-refractivity contribution < 1.29 is 19.1 Å². The first kappa shape index (κ1) is 19.6. The topological polar surface area (TPSA) is 88.1 Å². The Balaban J connectivity index is 1.88. The van der Waals surface area contributed by atoms with Gasteiger partial charge in [-0.25, -0.2) is 9.80 Å². The molecule has 1 aromatic carbocycles. The Bertz CT molecular complexity index is 702. The van der Waals surface area contributed by atoms with E-state index in [4.69, 9.17) is 4.74 Å². The number of amides is 2. The lowest BCUT2D eigenvalue weighted by Crippen LogP contribution is -2.52. The Hall–Kier alpha value is -2.70. The summed E-state index contributed by atoms with van der Waals surface area (Å²) >= 11 is 0. The molecule has 0 radical (unpaired) electrons. The van der Waals surface area contributed by atoms with E-state index in [1.807, 2.05) is 30.3 Å². The van der Waals surface area contributed by atoms with Gasteiger partial charge < -0.3 is 10.1 Å². The minimum Gasteiger partial charge on any atom is -0.467 e. The third kappa shape index (κ3) is 4.68. The number of hydrogen-bond donors (Lipinski definition) is 1. The molecule has 1 aliphatic heterocycles. The zero-order valence-electron chi connectivity index (χ0n) is 15.4. The van der Waals surface area contributed by atoms with E-state index in [2.05, 4.69) is 10.4 Å². The number of benzene rings is 1. The fourth-order valence-electron chi connectivity index (χ4n) is 2.70. The molecule has 1 aliphatic rings. The summed E-state index contributed by atoms with van der Waals surface area (Å²) in [5.41, 5.74) is 0.784. The standard InChI is InChI=1S/C19H25N3O4/c1-4-19(2,18(25)26-3)20-16(23)10-11-17(24)22-13-12-15(21-22)14-8-6-5-7-9-14/h5-9H,4,10-13H2,1-3H3,(H,20,23). The van der Waals surface area contributed by atoms with E-state index in [1.165, 1.54) is 12.1 Å². The molecule has 7 nitrogen and oxygen atoms in total. The molecule has 140 valence electrons. The van der Waals surface area contributed by atoms with Gasteiger partial charge in [-0.1, -0.05) is 37.3 Å². The van der Waals surface area contributed by atoms with Crippen molar-refractivity contribution in [2.75, 3.05) is 13.7 Å². The molecule has 1 heterocycles. The molecule has 2 amide bonds. The predicted octanol–water partition coefficient (Wildman–Crippen LogP) is 1.86. The van der Waals surface area contributed by atoms with E-state index in [9.17, 15) is 14.4 Å². The first-order chi connectivity index (χ1) is 12.4. The van der Waals surface area contributed by atoms with Gasteiger partial charge in [0, 0.05) is 19.3 Å². The molecule has 0 fully saturated rings. The molecule has 0 spiro atoms. The van der Waals surface area contributed by atoms with Gasteiger partial charge in [0.25, 0.3) is 0 Å². The van der Waals surface area contributed by atoms with Crippen LogP contribution in [0.15, 0.2) is 35.4 Å². The molecular weight excluding hydrogens is 334 g/mol. The van der Waals surface area contributed by atoms with Gasteiger partial charge >= 0.3 is 5.97 Å². The molecule has 0 bridgehead atoms. The highest BCUT2D eigenvalue weighted by atomic mass is 16.5. The Kier molecular flexibility index (Phi) is 6.49. The largest absolute Gasteiger partial charge is 0.467 e. The van der Waals surface area contributed by atoms with E-state index in [1.54, 1.807) is 13.8 Å². The van der Waals surface area contributed by atoms with Crippen LogP contribution in [0.25, 0.3) is 0 Å². The Morgan fingerprint density at radius 2 is 1.92 bits per heavy atom. The number of carbonyl (C=O) groups is 3. The van der Waals surface area contributed by atoms with Crippen molar-refractivity contribution in [1.29, 1.82) is 0 Å². The number of hydrogen-bond acceptors (Lipinski definition) is 5. The lowest BCUT2D eigenvalue weighted by atomic mass is 9.99. The van der Waals surface area contributed by atoms with E-state index in [0.717, 1.165) is 11.3 Å². The lowest BCUT2D eigenvalue weighted by Gasteiger charge is -2.26. The first-order valence-electron chi connectivity index (χ1n) is 8.72. The van der Waals surface area contributed by atoms with Crippen molar-refractivity contribution in [3.05, 3.63) is 35.9 Å². The molecule has 26 heavy (non-hydrogen) atoms. The summed E-state index contributed by atoms with van der Waals surface area (Å²) in [5.74, 6) is -1.07. The highest BCUT2D eigenvalue weighted by Crippen LogP contribution is 2.16. The van der Waals surface area contributed by atoms with Crippen molar-refractivity contribution in [3.8, 4) is 0 Å². The fourth-order valence-corrected chi connectivity index (χ4v) is 2.70. The van der Waals surface area contributed by atoms with Gasteiger partial charge in [-0.15, -0.1) is 0 Å². The number of rotatable bonds is 7. The first-order valence-corrected chi connectivity index (χ1v) is 8.72. The van der Waals surface area contributed by atoms with Gasteiger partial charge in [-0.05, 0) is 18.9 Å². The summed E-state index contributed by atoms with van der Waals surface area (Å²) in [6.45, 7) is 3.90. The maximum atomic E-state index is 12.3. The summed E-state index contributed by atoms with van der Waals surface area (Å²) in [7, 11) is 1.28. The molecule has 1 unspecified atom stereocenters. The Labute approximate surface area is 153 Å². The zero-order valence-corrected chi connectivity index (χ0v) is 15.4. The zero-order chi connectivity index (χ0) is 19.2. The van der Waals surface area contributed by atoms with Crippen molar-refractivity contribution in [1.82, 2.24) is 10.3 Å². The SMILES string of the molecule is CCC(C)(NC(=O)CCC(=O)N1CCC(c2ccccc2)=N1)C(=O)OC. The van der Waals surface area contributed by atoms with Crippen LogP contribution in [0.1, 0.15) is 45.1 Å². The smallest absolute Gasteiger partial charge is 0.331 e. The average molecular weight is 359 g/mol. The van der Waals surface area contributed by atoms with E-state index in [0.29, 0.717) is 19.4 Å². The number of ether oxygens (including phenoxy) is 1.